The van der Waals surface area contributed by atoms with Crippen LogP contribution in [0.25, 0.3) is 0 Å². The molecule has 0 aliphatic heterocycles. The highest BCUT2D eigenvalue weighted by molar-refractivity contribution is 6.03. The zero-order valence-corrected chi connectivity index (χ0v) is 15.7. The molecule has 3 rings (SSSR count). The number of nitrogens with one attached hydrogen (secondary N) is 2. The maximum absolute atomic E-state index is 12.5. The van der Waals surface area contributed by atoms with Gasteiger partial charge in [-0.25, -0.2) is 0 Å². The van der Waals surface area contributed by atoms with Crippen molar-refractivity contribution in [3.05, 3.63) is 77.6 Å². The predicted octanol–water partition coefficient (Wildman–Crippen LogP) is 5.09. The standard InChI is InChI=1S/C22H23N3O2/c1-4-27-20-7-5-17(6-8-20)25-22(26)21-14-18(9-10-23-21)24-19-12-15(2)11-16(3)13-19/h5-14H,4H2,1-3H3,(H,23,24)(H,25,26). The molecule has 5 heteroatoms. The van der Waals surface area contributed by atoms with Gasteiger partial charge in [-0.2, -0.15) is 0 Å². The number of nitrogens with zero attached hydrogens (tertiary/aromatic N) is 1. The monoisotopic (exact) mass is 361 g/mol. The van der Waals surface area contributed by atoms with Crippen LogP contribution < -0.4 is 15.4 Å². The number of hydrogen-bond acceptors (Lipinski definition) is 4. The van der Waals surface area contributed by atoms with Crippen molar-refractivity contribution in [2.45, 2.75) is 20.8 Å². The number of aryl methyl sites for hydroxylation is 2. The first kappa shape index (κ1) is 18.5. The van der Waals surface area contributed by atoms with Crippen molar-refractivity contribution in [3.8, 4) is 5.75 Å². The molecule has 0 saturated heterocycles. The van der Waals surface area contributed by atoms with Crippen molar-refractivity contribution in [1.82, 2.24) is 4.98 Å². The van der Waals surface area contributed by atoms with E-state index < -0.39 is 0 Å². The second kappa shape index (κ2) is 8.36. The molecule has 5 nitrogen and oxygen atoms in total. The molecule has 0 atom stereocenters. The lowest BCUT2D eigenvalue weighted by Gasteiger charge is -2.10. The van der Waals surface area contributed by atoms with Crippen molar-refractivity contribution in [1.29, 1.82) is 0 Å². The van der Waals surface area contributed by atoms with E-state index in [1.807, 2.05) is 25.1 Å². The molecule has 138 valence electrons. The van der Waals surface area contributed by atoms with Crippen LogP contribution in [0.3, 0.4) is 0 Å². The van der Waals surface area contributed by atoms with Crippen LogP contribution in [-0.2, 0) is 0 Å². The third-order valence-electron chi connectivity index (χ3n) is 3.93. The van der Waals surface area contributed by atoms with E-state index >= 15 is 0 Å². The fraction of sp³-hybridized carbons (Fsp3) is 0.182. The zero-order chi connectivity index (χ0) is 19.2. The van der Waals surface area contributed by atoms with Crippen LogP contribution in [0, 0.1) is 13.8 Å². The Kier molecular flexibility index (Phi) is 5.71. The quantitative estimate of drug-likeness (QED) is 0.642. The number of aromatic nitrogens is 1. The first-order valence-electron chi connectivity index (χ1n) is 8.89. The summed E-state index contributed by atoms with van der Waals surface area (Å²) in [6.45, 7) is 6.65. The first-order chi connectivity index (χ1) is 13.0. The largest absolute Gasteiger partial charge is 0.494 e. The molecule has 0 unspecified atom stereocenters. The highest BCUT2D eigenvalue weighted by Gasteiger charge is 2.09. The van der Waals surface area contributed by atoms with Crippen molar-refractivity contribution < 1.29 is 9.53 Å². The van der Waals surface area contributed by atoms with Crippen LogP contribution in [0.5, 0.6) is 5.75 Å². The Hall–Kier alpha value is -3.34. The molecule has 0 spiro atoms. The van der Waals surface area contributed by atoms with Gasteiger partial charge in [-0.05, 0) is 80.4 Å². The fourth-order valence-electron chi connectivity index (χ4n) is 2.84. The van der Waals surface area contributed by atoms with Crippen LogP contribution in [0.4, 0.5) is 17.1 Å². The number of carbonyl (C=O) groups excluding carboxylic acids is 1. The van der Waals surface area contributed by atoms with Gasteiger partial charge in [-0.15, -0.1) is 0 Å². The van der Waals surface area contributed by atoms with Crippen LogP contribution >= 0.6 is 0 Å². The van der Waals surface area contributed by atoms with Gasteiger partial charge in [0.1, 0.15) is 11.4 Å². The molecule has 1 aromatic heterocycles. The Morgan fingerprint density at radius 1 is 0.926 bits per heavy atom. The van der Waals surface area contributed by atoms with Crippen molar-refractivity contribution in [3.63, 3.8) is 0 Å². The molecule has 27 heavy (non-hydrogen) atoms. The molecule has 1 amide bonds. The van der Waals surface area contributed by atoms with Gasteiger partial charge in [-0.3, -0.25) is 9.78 Å². The number of ether oxygens (including phenoxy) is 1. The van der Waals surface area contributed by atoms with Gasteiger partial charge in [0.05, 0.1) is 6.61 Å². The lowest BCUT2D eigenvalue weighted by atomic mass is 10.1. The van der Waals surface area contributed by atoms with Gasteiger partial charge in [0.2, 0.25) is 0 Å². The molecule has 1 heterocycles. The molecule has 0 aliphatic rings. The van der Waals surface area contributed by atoms with Crippen LogP contribution in [0.15, 0.2) is 60.8 Å². The van der Waals surface area contributed by atoms with E-state index in [9.17, 15) is 4.79 Å². The zero-order valence-electron chi connectivity index (χ0n) is 15.7. The Bertz CT molecular complexity index is 916. The van der Waals surface area contributed by atoms with Gasteiger partial charge in [-0.1, -0.05) is 6.07 Å². The number of carbonyl (C=O) groups is 1. The van der Waals surface area contributed by atoms with E-state index in [1.54, 1.807) is 24.4 Å². The fourth-order valence-corrected chi connectivity index (χ4v) is 2.84. The second-order valence-corrected chi connectivity index (χ2v) is 6.34. The Labute approximate surface area is 159 Å². The molecular weight excluding hydrogens is 338 g/mol. The number of anilines is 3. The predicted molar refractivity (Wildman–Crippen MR) is 109 cm³/mol. The number of rotatable bonds is 6. The highest BCUT2D eigenvalue weighted by atomic mass is 16.5. The summed E-state index contributed by atoms with van der Waals surface area (Å²) < 4.78 is 5.41. The maximum atomic E-state index is 12.5. The van der Waals surface area contributed by atoms with E-state index in [0.29, 0.717) is 18.0 Å². The second-order valence-electron chi connectivity index (χ2n) is 6.34. The van der Waals surface area contributed by atoms with E-state index in [-0.39, 0.29) is 5.91 Å². The minimum absolute atomic E-state index is 0.261. The first-order valence-corrected chi connectivity index (χ1v) is 8.89. The molecule has 0 fully saturated rings. The van der Waals surface area contributed by atoms with Gasteiger partial charge >= 0.3 is 0 Å². The van der Waals surface area contributed by atoms with Crippen LogP contribution in [0.2, 0.25) is 0 Å². The van der Waals surface area contributed by atoms with Gasteiger partial charge in [0.25, 0.3) is 5.91 Å². The van der Waals surface area contributed by atoms with Gasteiger partial charge in [0, 0.05) is 23.3 Å². The van der Waals surface area contributed by atoms with Crippen molar-refractivity contribution in [2.75, 3.05) is 17.2 Å². The summed E-state index contributed by atoms with van der Waals surface area (Å²) >= 11 is 0. The van der Waals surface area contributed by atoms with E-state index in [2.05, 4.69) is 47.7 Å². The summed E-state index contributed by atoms with van der Waals surface area (Å²) in [7, 11) is 0. The molecule has 0 saturated carbocycles. The van der Waals surface area contributed by atoms with E-state index in [0.717, 1.165) is 17.1 Å². The average molecular weight is 361 g/mol. The average Bonchev–Trinajstić information content (AvgIpc) is 2.63. The maximum Gasteiger partial charge on any atom is 0.274 e. The summed E-state index contributed by atoms with van der Waals surface area (Å²) in [5.41, 5.74) is 5.19. The minimum Gasteiger partial charge on any atom is -0.494 e. The molecule has 0 bridgehead atoms. The SMILES string of the molecule is CCOc1ccc(NC(=O)c2cc(Nc3cc(C)cc(C)c3)ccn2)cc1. The molecule has 0 aliphatic carbocycles. The Morgan fingerprint density at radius 3 is 2.30 bits per heavy atom. The molecule has 3 aromatic rings. The molecule has 2 N–H and O–H groups in total. The lowest BCUT2D eigenvalue weighted by molar-refractivity contribution is 0.102. The minimum atomic E-state index is -0.261. The summed E-state index contributed by atoms with van der Waals surface area (Å²) in [5, 5.41) is 6.18. The lowest BCUT2D eigenvalue weighted by Crippen LogP contribution is -2.13. The summed E-state index contributed by atoms with van der Waals surface area (Å²) in [4.78, 5) is 16.7. The summed E-state index contributed by atoms with van der Waals surface area (Å²) in [5.74, 6) is 0.511. The molecule has 0 radical (unpaired) electrons. The summed E-state index contributed by atoms with van der Waals surface area (Å²) in [6, 6.07) is 17.1. The van der Waals surface area contributed by atoms with Crippen molar-refractivity contribution in [2.24, 2.45) is 0 Å². The number of benzene rings is 2. The van der Waals surface area contributed by atoms with Gasteiger partial charge in [0.15, 0.2) is 0 Å². The third kappa shape index (κ3) is 5.07. The molecular formula is C22H23N3O2. The normalized spacial score (nSPS) is 10.3. The number of amides is 1. The Morgan fingerprint density at radius 2 is 1.63 bits per heavy atom. The smallest absolute Gasteiger partial charge is 0.274 e. The Balaban J connectivity index is 1.71. The third-order valence-corrected chi connectivity index (χ3v) is 3.93. The molecule has 2 aromatic carbocycles. The highest BCUT2D eigenvalue weighted by Crippen LogP contribution is 2.21. The number of pyridine rings is 1. The number of hydrogen-bond donors (Lipinski definition) is 2. The van der Waals surface area contributed by atoms with Crippen LogP contribution in [-0.4, -0.2) is 17.5 Å². The van der Waals surface area contributed by atoms with Crippen molar-refractivity contribution >= 4 is 23.0 Å². The van der Waals surface area contributed by atoms with E-state index in [1.165, 1.54) is 11.1 Å². The summed E-state index contributed by atoms with van der Waals surface area (Å²) in [6.07, 6.45) is 1.62. The van der Waals surface area contributed by atoms with E-state index in [4.69, 9.17) is 4.74 Å². The van der Waals surface area contributed by atoms with Crippen LogP contribution in [0.1, 0.15) is 28.5 Å². The van der Waals surface area contributed by atoms with Gasteiger partial charge < -0.3 is 15.4 Å². The topological polar surface area (TPSA) is 63.2 Å².